The highest BCUT2D eigenvalue weighted by atomic mass is 16.1. The van der Waals surface area contributed by atoms with Crippen LogP contribution in [0.5, 0.6) is 0 Å². The van der Waals surface area contributed by atoms with Crippen molar-refractivity contribution in [3.63, 3.8) is 0 Å². The Bertz CT molecular complexity index is 694. The van der Waals surface area contributed by atoms with E-state index in [0.717, 1.165) is 12.8 Å². The van der Waals surface area contributed by atoms with E-state index in [0.29, 0.717) is 23.8 Å². The molecule has 0 saturated heterocycles. The van der Waals surface area contributed by atoms with Crippen LogP contribution >= 0.6 is 0 Å². The highest BCUT2D eigenvalue weighted by Crippen LogP contribution is 2.18. The van der Waals surface area contributed by atoms with Crippen LogP contribution in [0.25, 0.3) is 0 Å². The Hall–Kier alpha value is -2.43. The summed E-state index contributed by atoms with van der Waals surface area (Å²) in [7, 11) is 0. The van der Waals surface area contributed by atoms with Crippen LogP contribution in [-0.2, 0) is 6.54 Å². The van der Waals surface area contributed by atoms with Crippen LogP contribution in [0.2, 0.25) is 0 Å². The van der Waals surface area contributed by atoms with E-state index < -0.39 is 0 Å². The first-order valence-electron chi connectivity index (χ1n) is 9.14. The Kier molecular flexibility index (Phi) is 5.99. The predicted octanol–water partition coefficient (Wildman–Crippen LogP) is 3.85. The van der Waals surface area contributed by atoms with Gasteiger partial charge in [-0.25, -0.2) is 9.97 Å². The first-order chi connectivity index (χ1) is 12.2. The lowest BCUT2D eigenvalue weighted by atomic mass is 10.1. The predicted molar refractivity (Wildman–Crippen MR) is 99.5 cm³/mol. The molecule has 1 heterocycles. The molecule has 0 unspecified atom stereocenters. The van der Waals surface area contributed by atoms with Crippen LogP contribution in [0.3, 0.4) is 0 Å². The van der Waals surface area contributed by atoms with Crippen LogP contribution in [0.1, 0.15) is 60.1 Å². The second kappa shape index (κ2) is 8.60. The number of carbonyl (C=O) groups excluding carboxylic acids is 1. The SMILES string of the molecule is Cc1nc(NCc2ccccc2)ncc1C(=O)NC1CCCCCC1. The molecule has 1 aromatic heterocycles. The van der Waals surface area contributed by atoms with Crippen molar-refractivity contribution in [3.8, 4) is 0 Å². The maximum atomic E-state index is 12.5. The van der Waals surface area contributed by atoms with E-state index in [1.165, 1.54) is 31.2 Å². The summed E-state index contributed by atoms with van der Waals surface area (Å²) < 4.78 is 0. The number of benzene rings is 1. The molecule has 0 atom stereocenters. The Balaban J connectivity index is 1.59. The zero-order valence-corrected chi connectivity index (χ0v) is 14.8. The molecule has 3 rings (SSSR count). The largest absolute Gasteiger partial charge is 0.350 e. The number of amides is 1. The molecule has 1 aliphatic carbocycles. The molecular formula is C20H26N4O. The minimum Gasteiger partial charge on any atom is -0.350 e. The summed E-state index contributed by atoms with van der Waals surface area (Å²) in [5.41, 5.74) is 2.44. The van der Waals surface area contributed by atoms with Crippen LogP contribution in [0, 0.1) is 6.92 Å². The van der Waals surface area contributed by atoms with Crippen molar-refractivity contribution in [2.45, 2.75) is 58.0 Å². The number of aromatic nitrogens is 2. The van der Waals surface area contributed by atoms with Crippen molar-refractivity contribution in [3.05, 3.63) is 53.3 Å². The maximum Gasteiger partial charge on any atom is 0.254 e. The van der Waals surface area contributed by atoms with Gasteiger partial charge in [-0.3, -0.25) is 4.79 Å². The summed E-state index contributed by atoms with van der Waals surface area (Å²) in [5, 5.41) is 6.36. The van der Waals surface area contributed by atoms with Gasteiger partial charge in [-0.05, 0) is 25.3 Å². The summed E-state index contributed by atoms with van der Waals surface area (Å²) in [6, 6.07) is 10.4. The molecule has 1 fully saturated rings. The fourth-order valence-corrected chi connectivity index (χ4v) is 3.24. The van der Waals surface area contributed by atoms with Gasteiger partial charge in [0, 0.05) is 18.8 Å². The molecule has 2 N–H and O–H groups in total. The van der Waals surface area contributed by atoms with Crippen LogP contribution in [0.15, 0.2) is 36.5 Å². The van der Waals surface area contributed by atoms with Crippen molar-refractivity contribution < 1.29 is 4.79 Å². The Morgan fingerprint density at radius 1 is 1.12 bits per heavy atom. The van der Waals surface area contributed by atoms with Crippen LogP contribution < -0.4 is 10.6 Å². The smallest absolute Gasteiger partial charge is 0.254 e. The molecule has 5 heteroatoms. The molecule has 5 nitrogen and oxygen atoms in total. The van der Waals surface area contributed by atoms with Gasteiger partial charge >= 0.3 is 0 Å². The first kappa shape index (κ1) is 17.4. The topological polar surface area (TPSA) is 66.9 Å². The monoisotopic (exact) mass is 338 g/mol. The highest BCUT2D eigenvalue weighted by Gasteiger charge is 2.18. The molecule has 0 radical (unpaired) electrons. The molecule has 0 aliphatic heterocycles. The number of nitrogens with one attached hydrogen (secondary N) is 2. The van der Waals surface area contributed by atoms with Gasteiger partial charge in [0.1, 0.15) is 0 Å². The number of hydrogen-bond acceptors (Lipinski definition) is 4. The minimum absolute atomic E-state index is 0.0565. The number of hydrogen-bond donors (Lipinski definition) is 2. The van der Waals surface area contributed by atoms with Crippen LogP contribution in [-0.4, -0.2) is 21.9 Å². The normalized spacial score (nSPS) is 15.4. The second-order valence-corrected chi connectivity index (χ2v) is 6.69. The molecule has 2 aromatic rings. The molecule has 1 saturated carbocycles. The summed E-state index contributed by atoms with van der Waals surface area (Å²) in [5.74, 6) is 0.492. The van der Waals surface area contributed by atoms with Gasteiger partial charge in [-0.2, -0.15) is 0 Å². The van der Waals surface area contributed by atoms with E-state index in [9.17, 15) is 4.79 Å². The lowest BCUT2D eigenvalue weighted by Crippen LogP contribution is -2.35. The van der Waals surface area contributed by atoms with Gasteiger partial charge in [0.25, 0.3) is 5.91 Å². The fourth-order valence-electron chi connectivity index (χ4n) is 3.24. The number of carbonyl (C=O) groups is 1. The fraction of sp³-hybridized carbons (Fsp3) is 0.450. The van der Waals surface area contributed by atoms with E-state index in [-0.39, 0.29) is 11.9 Å². The van der Waals surface area contributed by atoms with Gasteiger partial charge in [0.2, 0.25) is 5.95 Å². The first-order valence-corrected chi connectivity index (χ1v) is 9.14. The molecule has 1 aliphatic rings. The molecule has 132 valence electrons. The molecule has 1 aromatic carbocycles. The lowest BCUT2D eigenvalue weighted by molar-refractivity contribution is 0.0932. The lowest BCUT2D eigenvalue weighted by Gasteiger charge is -2.17. The van der Waals surface area contributed by atoms with Crippen molar-refractivity contribution in [2.75, 3.05) is 5.32 Å². The Labute approximate surface area is 149 Å². The Morgan fingerprint density at radius 3 is 2.52 bits per heavy atom. The highest BCUT2D eigenvalue weighted by molar-refractivity contribution is 5.95. The van der Waals surface area contributed by atoms with Crippen molar-refractivity contribution >= 4 is 11.9 Å². The zero-order chi connectivity index (χ0) is 17.5. The molecule has 1 amide bonds. The van der Waals surface area contributed by atoms with Gasteiger partial charge < -0.3 is 10.6 Å². The maximum absolute atomic E-state index is 12.5. The number of aryl methyl sites for hydroxylation is 1. The van der Waals surface area contributed by atoms with Crippen LogP contribution in [0.4, 0.5) is 5.95 Å². The van der Waals surface area contributed by atoms with Crippen molar-refractivity contribution in [1.82, 2.24) is 15.3 Å². The van der Waals surface area contributed by atoms with Crippen molar-refractivity contribution in [1.29, 1.82) is 0 Å². The average molecular weight is 338 g/mol. The van der Waals surface area contributed by atoms with E-state index in [1.54, 1.807) is 6.20 Å². The summed E-state index contributed by atoms with van der Waals surface area (Å²) in [6.45, 7) is 2.52. The zero-order valence-electron chi connectivity index (χ0n) is 14.8. The number of nitrogens with zero attached hydrogens (tertiary/aromatic N) is 2. The number of rotatable bonds is 5. The quantitative estimate of drug-likeness (QED) is 0.813. The van der Waals surface area contributed by atoms with E-state index in [1.807, 2.05) is 25.1 Å². The third kappa shape index (κ3) is 5.02. The van der Waals surface area contributed by atoms with E-state index >= 15 is 0 Å². The van der Waals surface area contributed by atoms with Gasteiger partial charge in [-0.1, -0.05) is 56.0 Å². The number of anilines is 1. The van der Waals surface area contributed by atoms with E-state index in [2.05, 4.69) is 32.7 Å². The molecule has 0 spiro atoms. The molecule has 0 bridgehead atoms. The standard InChI is InChI=1S/C20H26N4O/c1-15-18(19(25)24-17-11-7-2-3-8-12-17)14-22-20(23-15)21-13-16-9-5-4-6-10-16/h4-6,9-10,14,17H,2-3,7-8,11-13H2,1H3,(H,24,25)(H,21,22,23). The molecular weight excluding hydrogens is 312 g/mol. The van der Waals surface area contributed by atoms with Gasteiger partial charge in [0.05, 0.1) is 11.3 Å². The van der Waals surface area contributed by atoms with Crippen molar-refractivity contribution in [2.24, 2.45) is 0 Å². The minimum atomic E-state index is -0.0565. The van der Waals surface area contributed by atoms with Gasteiger partial charge in [-0.15, -0.1) is 0 Å². The summed E-state index contributed by atoms with van der Waals surface area (Å²) >= 11 is 0. The van der Waals surface area contributed by atoms with E-state index in [4.69, 9.17) is 0 Å². The third-order valence-electron chi connectivity index (χ3n) is 4.71. The third-order valence-corrected chi connectivity index (χ3v) is 4.71. The Morgan fingerprint density at radius 2 is 1.84 bits per heavy atom. The summed E-state index contributed by atoms with van der Waals surface area (Å²) in [6.07, 6.45) is 8.71. The van der Waals surface area contributed by atoms with Gasteiger partial charge in [0.15, 0.2) is 0 Å². The second-order valence-electron chi connectivity index (χ2n) is 6.69. The summed E-state index contributed by atoms with van der Waals surface area (Å²) in [4.78, 5) is 21.3. The molecule has 25 heavy (non-hydrogen) atoms. The average Bonchev–Trinajstić information content (AvgIpc) is 2.89.